The Morgan fingerprint density at radius 1 is 1.58 bits per heavy atom. The molecule has 0 spiro atoms. The Hall–Kier alpha value is -2.15. The van der Waals surface area contributed by atoms with Crippen LogP contribution in [0.2, 0.25) is 5.28 Å². The summed E-state index contributed by atoms with van der Waals surface area (Å²) in [5, 5.41) is 2.64. The molecular weight excluding hydrogens is 275 g/mol. The average Bonchev–Trinajstić information content (AvgIpc) is 2.74. The second-order valence-electron chi connectivity index (χ2n) is 3.68. The first-order valence-electron chi connectivity index (χ1n) is 5.21. The van der Waals surface area contributed by atoms with Gasteiger partial charge < -0.3 is 14.6 Å². The zero-order chi connectivity index (χ0) is 14.0. The largest absolute Gasteiger partial charge is 0.464 e. The lowest BCUT2D eigenvalue weighted by Gasteiger charge is -2.03. The molecule has 6 nitrogen and oxygen atoms in total. The fourth-order valence-electron chi connectivity index (χ4n) is 1.51. The Morgan fingerprint density at radius 3 is 3.00 bits per heavy atom. The number of nitrogens with zero attached hydrogens (tertiary/aromatic N) is 3. The average molecular weight is 285 g/mol. The van der Waals surface area contributed by atoms with E-state index in [0.29, 0.717) is 11.4 Å². The third kappa shape index (κ3) is 2.82. The number of methoxy groups -OCH3 is 1. The predicted molar refractivity (Wildman–Crippen MR) is 67.0 cm³/mol. The molecule has 19 heavy (non-hydrogen) atoms. The van der Waals surface area contributed by atoms with Gasteiger partial charge in [-0.3, -0.25) is 0 Å². The number of nitrogens with one attached hydrogen (secondary N) is 1. The van der Waals surface area contributed by atoms with Crippen LogP contribution in [0.3, 0.4) is 0 Å². The Kier molecular flexibility index (Phi) is 3.66. The molecule has 2 aromatic rings. The molecule has 0 unspecified atom stereocenters. The fraction of sp³-hybridized carbons (Fsp3) is 0.182. The summed E-state index contributed by atoms with van der Waals surface area (Å²) in [5.74, 6) is -1.20. The van der Waals surface area contributed by atoms with Gasteiger partial charge in [-0.1, -0.05) is 0 Å². The molecule has 0 amide bonds. The second-order valence-corrected chi connectivity index (χ2v) is 4.02. The highest BCUT2D eigenvalue weighted by atomic mass is 35.5. The Balaban J connectivity index is 2.29. The van der Waals surface area contributed by atoms with Gasteiger partial charge in [0.05, 0.1) is 19.0 Å². The van der Waals surface area contributed by atoms with Crippen LogP contribution in [0.1, 0.15) is 10.5 Å². The molecule has 0 bridgehead atoms. The molecular formula is C11H10ClFN4O2. The summed E-state index contributed by atoms with van der Waals surface area (Å²) in [5.41, 5.74) is 0.808. The van der Waals surface area contributed by atoms with Crippen molar-refractivity contribution in [3.63, 3.8) is 0 Å². The number of hydrogen-bond donors (Lipinski definition) is 1. The van der Waals surface area contributed by atoms with Crippen LogP contribution >= 0.6 is 11.6 Å². The van der Waals surface area contributed by atoms with Crippen molar-refractivity contribution in [3.8, 4) is 0 Å². The minimum atomic E-state index is -0.645. The lowest BCUT2D eigenvalue weighted by atomic mass is 10.4. The summed E-state index contributed by atoms with van der Waals surface area (Å²) in [4.78, 5) is 18.6. The zero-order valence-electron chi connectivity index (χ0n) is 10.1. The van der Waals surface area contributed by atoms with Crippen LogP contribution in [0.15, 0.2) is 18.5 Å². The van der Waals surface area contributed by atoms with E-state index >= 15 is 0 Å². The van der Waals surface area contributed by atoms with E-state index in [2.05, 4.69) is 20.0 Å². The maximum Gasteiger partial charge on any atom is 0.354 e. The lowest BCUT2D eigenvalue weighted by Crippen LogP contribution is -2.06. The van der Waals surface area contributed by atoms with Crippen molar-refractivity contribution in [2.45, 2.75) is 0 Å². The number of carbonyl (C=O) groups excluding carboxylic acids is 1. The standard InChI is InChI=1S/C11H10ClFN4O2/c1-17-5-6(3-8(17)10(18)19-2)15-9-7(13)4-14-11(12)16-9/h3-5H,1-2H3,(H,14,15,16). The Bertz CT molecular complexity index is 629. The van der Waals surface area contributed by atoms with Crippen LogP contribution in [0.5, 0.6) is 0 Å². The fourth-order valence-corrected chi connectivity index (χ4v) is 1.64. The van der Waals surface area contributed by atoms with Crippen LogP contribution in [0.25, 0.3) is 0 Å². The van der Waals surface area contributed by atoms with E-state index in [1.54, 1.807) is 17.8 Å². The van der Waals surface area contributed by atoms with Gasteiger partial charge in [-0.05, 0) is 17.7 Å². The quantitative estimate of drug-likeness (QED) is 0.691. The molecule has 2 aromatic heterocycles. The number of hydrogen-bond acceptors (Lipinski definition) is 5. The van der Waals surface area contributed by atoms with Gasteiger partial charge in [0, 0.05) is 13.2 Å². The third-order valence-corrected chi connectivity index (χ3v) is 2.56. The second kappa shape index (κ2) is 5.23. The molecule has 1 N–H and O–H groups in total. The van der Waals surface area contributed by atoms with Gasteiger partial charge in [-0.25, -0.2) is 14.2 Å². The van der Waals surface area contributed by atoms with Crippen molar-refractivity contribution in [1.82, 2.24) is 14.5 Å². The van der Waals surface area contributed by atoms with Gasteiger partial charge in [0.2, 0.25) is 5.28 Å². The molecule has 0 saturated heterocycles. The minimum Gasteiger partial charge on any atom is -0.464 e. The summed E-state index contributed by atoms with van der Waals surface area (Å²) in [6.45, 7) is 0. The topological polar surface area (TPSA) is 69.0 Å². The zero-order valence-corrected chi connectivity index (χ0v) is 10.9. The Morgan fingerprint density at radius 2 is 2.32 bits per heavy atom. The molecule has 8 heteroatoms. The smallest absolute Gasteiger partial charge is 0.354 e. The van der Waals surface area contributed by atoms with E-state index in [9.17, 15) is 9.18 Å². The molecule has 0 atom stereocenters. The van der Waals surface area contributed by atoms with Crippen LogP contribution in [-0.2, 0) is 11.8 Å². The number of aryl methyl sites for hydroxylation is 1. The van der Waals surface area contributed by atoms with E-state index in [-0.39, 0.29) is 11.1 Å². The molecule has 0 aliphatic carbocycles. The van der Waals surface area contributed by atoms with Crippen molar-refractivity contribution in [1.29, 1.82) is 0 Å². The highest BCUT2D eigenvalue weighted by Crippen LogP contribution is 2.20. The minimum absolute atomic E-state index is 0.0676. The first kappa shape index (κ1) is 13.3. The molecule has 0 aliphatic rings. The van der Waals surface area contributed by atoms with Crippen LogP contribution < -0.4 is 5.32 Å². The first-order valence-corrected chi connectivity index (χ1v) is 5.59. The molecule has 0 aromatic carbocycles. The van der Waals surface area contributed by atoms with E-state index in [0.717, 1.165) is 6.20 Å². The highest BCUT2D eigenvalue weighted by molar-refractivity contribution is 6.28. The van der Waals surface area contributed by atoms with Gasteiger partial charge in [0.1, 0.15) is 5.69 Å². The summed E-state index contributed by atoms with van der Waals surface area (Å²) in [6.07, 6.45) is 2.56. The van der Waals surface area contributed by atoms with E-state index < -0.39 is 11.8 Å². The van der Waals surface area contributed by atoms with Gasteiger partial charge in [0.25, 0.3) is 0 Å². The van der Waals surface area contributed by atoms with Crippen molar-refractivity contribution < 1.29 is 13.9 Å². The number of anilines is 2. The van der Waals surface area contributed by atoms with Crippen molar-refractivity contribution >= 4 is 29.1 Å². The summed E-state index contributed by atoms with van der Waals surface area (Å²) < 4.78 is 19.6. The molecule has 0 radical (unpaired) electrons. The summed E-state index contributed by atoms with van der Waals surface area (Å²) in [7, 11) is 2.95. The number of rotatable bonds is 3. The monoisotopic (exact) mass is 284 g/mol. The van der Waals surface area contributed by atoms with Crippen LogP contribution in [0.4, 0.5) is 15.9 Å². The predicted octanol–water partition coefficient (Wildman–Crippen LogP) is 2.14. The van der Waals surface area contributed by atoms with Crippen LogP contribution in [0, 0.1) is 5.82 Å². The first-order chi connectivity index (χ1) is 9.01. The van der Waals surface area contributed by atoms with Gasteiger partial charge in [0.15, 0.2) is 11.6 Å². The lowest BCUT2D eigenvalue weighted by molar-refractivity contribution is 0.0590. The number of carbonyl (C=O) groups is 1. The molecule has 0 saturated carbocycles. The van der Waals surface area contributed by atoms with Gasteiger partial charge in [-0.15, -0.1) is 0 Å². The molecule has 2 heterocycles. The number of ether oxygens (including phenoxy) is 1. The van der Waals surface area contributed by atoms with E-state index in [4.69, 9.17) is 11.6 Å². The molecule has 2 rings (SSSR count). The third-order valence-electron chi connectivity index (χ3n) is 2.38. The molecule has 0 fully saturated rings. The van der Waals surface area contributed by atoms with E-state index in [1.165, 1.54) is 13.2 Å². The number of aromatic nitrogens is 3. The summed E-state index contributed by atoms with van der Waals surface area (Å²) >= 11 is 5.58. The van der Waals surface area contributed by atoms with Crippen molar-refractivity contribution in [3.05, 3.63) is 35.3 Å². The summed E-state index contributed by atoms with van der Waals surface area (Å²) in [6, 6.07) is 1.52. The van der Waals surface area contributed by atoms with Crippen molar-refractivity contribution in [2.75, 3.05) is 12.4 Å². The highest BCUT2D eigenvalue weighted by Gasteiger charge is 2.13. The van der Waals surface area contributed by atoms with Crippen LogP contribution in [-0.4, -0.2) is 27.6 Å². The van der Waals surface area contributed by atoms with E-state index in [1.807, 2.05) is 0 Å². The number of esters is 1. The SMILES string of the molecule is COC(=O)c1cc(Nc2nc(Cl)ncc2F)cn1C. The molecule has 100 valence electrons. The Labute approximate surface area is 113 Å². The van der Waals surface area contributed by atoms with Gasteiger partial charge >= 0.3 is 5.97 Å². The molecule has 0 aliphatic heterocycles. The maximum absolute atomic E-state index is 13.4. The maximum atomic E-state index is 13.4. The van der Waals surface area contributed by atoms with Gasteiger partial charge in [-0.2, -0.15) is 4.98 Å². The van der Waals surface area contributed by atoms with Crippen molar-refractivity contribution in [2.24, 2.45) is 7.05 Å². The normalized spacial score (nSPS) is 10.3. The number of halogens is 2.